The van der Waals surface area contributed by atoms with Crippen LogP contribution in [0.15, 0.2) is 21.3 Å². The highest BCUT2D eigenvalue weighted by Crippen LogP contribution is 2.57. The largest absolute Gasteiger partial charge is 0.361 e. The molecule has 6 heteroatoms. The molecule has 6 nitrogen and oxygen atoms in total. The van der Waals surface area contributed by atoms with Gasteiger partial charge in [0.1, 0.15) is 5.76 Å². The fourth-order valence-electron chi connectivity index (χ4n) is 3.39. The molecule has 20 heavy (non-hydrogen) atoms. The van der Waals surface area contributed by atoms with Gasteiger partial charge in [-0.05, 0) is 37.5 Å². The van der Waals surface area contributed by atoms with E-state index in [9.17, 15) is 0 Å². The second-order valence-corrected chi connectivity index (χ2v) is 6.15. The van der Waals surface area contributed by atoms with Gasteiger partial charge in [-0.15, -0.1) is 0 Å². The lowest BCUT2D eigenvalue weighted by Gasteiger charge is -2.26. The van der Waals surface area contributed by atoms with Crippen LogP contribution in [0.5, 0.6) is 0 Å². The number of hydrogen-bond acceptors (Lipinski definition) is 6. The molecule has 2 aliphatic rings. The van der Waals surface area contributed by atoms with E-state index in [1.54, 1.807) is 6.20 Å². The first kappa shape index (κ1) is 12.1. The summed E-state index contributed by atoms with van der Waals surface area (Å²) in [6, 6.07) is 2.24. The van der Waals surface area contributed by atoms with Gasteiger partial charge in [-0.2, -0.15) is 4.98 Å². The van der Waals surface area contributed by atoms with Crippen LogP contribution in [-0.4, -0.2) is 21.3 Å². The van der Waals surface area contributed by atoms with Crippen molar-refractivity contribution in [1.82, 2.24) is 15.3 Å². The van der Waals surface area contributed by atoms with Gasteiger partial charge in [0.15, 0.2) is 5.82 Å². The standard InChI is InChI=1S/C14H18N4O2/c15-11-8-14(11)4-1-9(2-5-14)13-17-12(18-20-13)7-10-3-6-16-19-10/h3,6,9,11H,1-2,4-5,7-8,15H2. The molecule has 2 aliphatic carbocycles. The summed E-state index contributed by atoms with van der Waals surface area (Å²) in [6.45, 7) is 0. The van der Waals surface area contributed by atoms with Gasteiger partial charge in [0.25, 0.3) is 0 Å². The molecular weight excluding hydrogens is 256 g/mol. The Morgan fingerprint density at radius 3 is 2.75 bits per heavy atom. The first-order valence-corrected chi connectivity index (χ1v) is 7.23. The molecule has 1 spiro atoms. The van der Waals surface area contributed by atoms with Crippen LogP contribution in [-0.2, 0) is 6.42 Å². The quantitative estimate of drug-likeness (QED) is 0.920. The summed E-state index contributed by atoms with van der Waals surface area (Å²) in [7, 11) is 0. The molecule has 0 aliphatic heterocycles. The van der Waals surface area contributed by atoms with Crippen LogP contribution in [0.1, 0.15) is 55.5 Å². The number of nitrogens with two attached hydrogens (primary N) is 1. The zero-order chi connectivity index (χ0) is 13.6. The topological polar surface area (TPSA) is 91.0 Å². The van der Waals surface area contributed by atoms with Crippen molar-refractivity contribution in [2.45, 2.75) is 50.5 Å². The Morgan fingerprint density at radius 1 is 1.30 bits per heavy atom. The third kappa shape index (κ3) is 2.04. The summed E-state index contributed by atoms with van der Waals surface area (Å²) in [5.74, 6) is 2.58. The van der Waals surface area contributed by atoms with E-state index in [1.807, 2.05) is 6.07 Å². The van der Waals surface area contributed by atoms with Crippen molar-refractivity contribution in [3.8, 4) is 0 Å². The summed E-state index contributed by atoms with van der Waals surface area (Å²) in [6.07, 6.45) is 7.95. The molecule has 0 aromatic carbocycles. The number of aromatic nitrogens is 3. The van der Waals surface area contributed by atoms with E-state index in [2.05, 4.69) is 15.3 Å². The van der Waals surface area contributed by atoms with Gasteiger partial charge in [0.05, 0.1) is 12.6 Å². The predicted molar refractivity (Wildman–Crippen MR) is 69.8 cm³/mol. The maximum atomic E-state index is 6.03. The monoisotopic (exact) mass is 274 g/mol. The van der Waals surface area contributed by atoms with Gasteiger partial charge in [0.2, 0.25) is 5.89 Å². The van der Waals surface area contributed by atoms with Crippen molar-refractivity contribution in [2.24, 2.45) is 11.1 Å². The van der Waals surface area contributed by atoms with Crippen LogP contribution in [0.3, 0.4) is 0 Å². The minimum atomic E-state index is 0.393. The molecule has 0 saturated heterocycles. The Hall–Kier alpha value is -1.69. The lowest BCUT2D eigenvalue weighted by atomic mass is 9.79. The maximum absolute atomic E-state index is 6.03. The molecule has 0 amide bonds. The Labute approximate surface area is 116 Å². The molecule has 2 N–H and O–H groups in total. The summed E-state index contributed by atoms with van der Waals surface area (Å²) < 4.78 is 10.5. The minimum absolute atomic E-state index is 0.393. The summed E-state index contributed by atoms with van der Waals surface area (Å²) in [5, 5.41) is 7.71. The SMILES string of the molecule is NC1CC12CCC(c1nc(Cc3ccno3)no1)CC2. The Kier molecular flexibility index (Phi) is 2.66. The lowest BCUT2D eigenvalue weighted by molar-refractivity contribution is 0.253. The lowest BCUT2D eigenvalue weighted by Crippen LogP contribution is -2.21. The van der Waals surface area contributed by atoms with Gasteiger partial charge >= 0.3 is 0 Å². The van der Waals surface area contributed by atoms with E-state index in [4.69, 9.17) is 14.8 Å². The number of rotatable bonds is 3. The molecule has 1 atom stereocenters. The summed E-state index contributed by atoms with van der Waals surface area (Å²) >= 11 is 0. The highest BCUT2D eigenvalue weighted by atomic mass is 16.5. The van der Waals surface area contributed by atoms with Crippen LogP contribution >= 0.6 is 0 Å². The number of nitrogens with zero attached hydrogens (tertiary/aromatic N) is 3. The Bertz CT molecular complexity index is 584. The number of hydrogen-bond donors (Lipinski definition) is 1. The fraction of sp³-hybridized carbons (Fsp3) is 0.643. The maximum Gasteiger partial charge on any atom is 0.229 e. The van der Waals surface area contributed by atoms with Gasteiger partial charge < -0.3 is 14.8 Å². The highest BCUT2D eigenvalue weighted by Gasteiger charge is 2.53. The van der Waals surface area contributed by atoms with Crippen molar-refractivity contribution < 1.29 is 9.05 Å². The molecule has 0 radical (unpaired) electrons. The zero-order valence-corrected chi connectivity index (χ0v) is 11.3. The first-order valence-electron chi connectivity index (χ1n) is 7.23. The molecule has 2 aromatic heterocycles. The van der Waals surface area contributed by atoms with Gasteiger partial charge in [0, 0.05) is 18.0 Å². The normalized spacial score (nSPS) is 32.6. The van der Waals surface area contributed by atoms with Gasteiger partial charge in [-0.1, -0.05) is 10.3 Å². The smallest absolute Gasteiger partial charge is 0.229 e. The van der Waals surface area contributed by atoms with Crippen molar-refractivity contribution in [1.29, 1.82) is 0 Å². The van der Waals surface area contributed by atoms with Crippen LogP contribution in [0.25, 0.3) is 0 Å². The first-order chi connectivity index (χ1) is 9.75. The molecule has 1 unspecified atom stereocenters. The average Bonchev–Trinajstić information content (AvgIpc) is 2.92. The van der Waals surface area contributed by atoms with E-state index in [-0.39, 0.29) is 0 Å². The highest BCUT2D eigenvalue weighted by molar-refractivity contribution is 5.11. The van der Waals surface area contributed by atoms with Crippen molar-refractivity contribution in [3.63, 3.8) is 0 Å². The molecule has 2 aromatic rings. The molecule has 0 bridgehead atoms. The predicted octanol–water partition coefficient (Wildman–Crippen LogP) is 2.02. The van der Waals surface area contributed by atoms with Crippen LogP contribution in [0, 0.1) is 5.41 Å². The van der Waals surface area contributed by atoms with E-state index < -0.39 is 0 Å². The summed E-state index contributed by atoms with van der Waals surface area (Å²) in [5.41, 5.74) is 6.47. The molecule has 106 valence electrons. The van der Waals surface area contributed by atoms with Gasteiger partial charge in [-0.3, -0.25) is 0 Å². The van der Waals surface area contributed by atoms with Crippen molar-refractivity contribution in [2.75, 3.05) is 0 Å². The third-order valence-corrected chi connectivity index (χ3v) is 4.89. The average molecular weight is 274 g/mol. The van der Waals surface area contributed by atoms with Crippen molar-refractivity contribution >= 4 is 0 Å². The van der Waals surface area contributed by atoms with E-state index in [1.165, 1.54) is 19.3 Å². The fourth-order valence-corrected chi connectivity index (χ4v) is 3.39. The Morgan fingerprint density at radius 2 is 2.10 bits per heavy atom. The van der Waals surface area contributed by atoms with Crippen LogP contribution in [0.4, 0.5) is 0 Å². The molecule has 4 rings (SSSR count). The van der Waals surface area contributed by atoms with E-state index in [0.29, 0.717) is 29.6 Å². The second kappa shape index (κ2) is 4.41. The molecule has 2 fully saturated rings. The van der Waals surface area contributed by atoms with Crippen molar-refractivity contribution in [3.05, 3.63) is 29.7 Å². The second-order valence-electron chi connectivity index (χ2n) is 6.15. The zero-order valence-electron chi connectivity index (χ0n) is 11.3. The third-order valence-electron chi connectivity index (χ3n) is 4.89. The van der Waals surface area contributed by atoms with E-state index >= 15 is 0 Å². The molecule has 2 saturated carbocycles. The molecular formula is C14H18N4O2. The summed E-state index contributed by atoms with van der Waals surface area (Å²) in [4.78, 5) is 4.50. The Balaban J connectivity index is 1.41. The molecule has 2 heterocycles. The minimum Gasteiger partial charge on any atom is -0.361 e. The van der Waals surface area contributed by atoms with Crippen LogP contribution in [0.2, 0.25) is 0 Å². The van der Waals surface area contributed by atoms with Gasteiger partial charge in [-0.25, -0.2) is 0 Å². The van der Waals surface area contributed by atoms with Crippen LogP contribution < -0.4 is 5.73 Å². The van der Waals surface area contributed by atoms with E-state index in [0.717, 1.165) is 24.5 Å².